The second-order valence-electron chi connectivity index (χ2n) is 3.22. The zero-order chi connectivity index (χ0) is 10.2. The number of halogens is 2. The van der Waals surface area contributed by atoms with Crippen molar-refractivity contribution in [3.8, 4) is 0 Å². The molecule has 1 saturated heterocycles. The first-order valence-corrected chi connectivity index (χ1v) is 6.12. The van der Waals surface area contributed by atoms with Crippen molar-refractivity contribution < 1.29 is 13.0 Å². The average molecular weight is 217 g/mol. The van der Waals surface area contributed by atoms with Crippen molar-refractivity contribution >= 4 is 15.4 Å². The summed E-state index contributed by atoms with van der Waals surface area (Å²) in [5, 5.41) is 0. The first kappa shape index (κ1) is 9.58. The van der Waals surface area contributed by atoms with Gasteiger partial charge in [0.2, 0.25) is 0 Å². The van der Waals surface area contributed by atoms with Gasteiger partial charge in [-0.05, 0) is 18.6 Å². The maximum Gasteiger partial charge on any atom is 0.152 e. The Bertz CT molecular complexity index is 468. The topological polar surface area (TPSA) is 29.4 Å². The van der Waals surface area contributed by atoms with Gasteiger partial charge in [0.1, 0.15) is 11.5 Å². The van der Waals surface area contributed by atoms with Crippen molar-refractivity contribution in [3.05, 3.63) is 29.8 Å². The molecule has 0 amide bonds. The highest BCUT2D eigenvalue weighted by atomic mass is 32.2. The monoisotopic (exact) mass is 217 g/mol. The summed E-state index contributed by atoms with van der Waals surface area (Å²) in [5.74, 6) is -0.363. The van der Waals surface area contributed by atoms with Gasteiger partial charge in [-0.2, -0.15) is 4.36 Å². The van der Waals surface area contributed by atoms with Crippen LogP contribution < -0.4 is 0 Å². The van der Waals surface area contributed by atoms with E-state index in [1.54, 1.807) is 0 Å². The molecule has 0 N–H and O–H groups in total. The molecule has 1 aliphatic heterocycles. The lowest BCUT2D eigenvalue weighted by molar-refractivity contribution is 0.584. The Morgan fingerprint density at radius 3 is 2.50 bits per heavy atom. The molecule has 0 aromatic heterocycles. The molecule has 14 heavy (non-hydrogen) atoms. The van der Waals surface area contributed by atoms with E-state index in [4.69, 9.17) is 0 Å². The lowest BCUT2D eigenvalue weighted by Crippen LogP contribution is -2.23. The van der Waals surface area contributed by atoms with Crippen LogP contribution in [0.4, 0.5) is 14.5 Å². The first-order valence-electron chi connectivity index (χ1n) is 4.27. The minimum absolute atomic E-state index is 0.00361. The molecule has 2 nitrogen and oxygen atoms in total. The van der Waals surface area contributed by atoms with Crippen molar-refractivity contribution in [3.63, 3.8) is 0 Å². The van der Waals surface area contributed by atoms with E-state index < -0.39 is 21.4 Å². The van der Waals surface area contributed by atoms with Crippen molar-refractivity contribution in [2.75, 3.05) is 11.5 Å². The summed E-state index contributed by atoms with van der Waals surface area (Å²) in [7, 11) is -2.21. The molecule has 1 aromatic rings. The minimum Gasteiger partial charge on any atom is -0.249 e. The molecule has 1 fully saturated rings. The lowest BCUT2D eigenvalue weighted by atomic mass is 10.3. The molecular formula is C9H9F2NOS. The van der Waals surface area contributed by atoms with Gasteiger partial charge in [-0.15, -0.1) is 0 Å². The molecule has 76 valence electrons. The van der Waals surface area contributed by atoms with Gasteiger partial charge >= 0.3 is 0 Å². The Morgan fingerprint density at radius 1 is 1.29 bits per heavy atom. The third-order valence-electron chi connectivity index (χ3n) is 2.10. The number of benzene rings is 1. The van der Waals surface area contributed by atoms with Crippen LogP contribution in [0, 0.1) is 11.6 Å². The highest BCUT2D eigenvalue weighted by molar-refractivity contribution is 7.95. The molecule has 0 bridgehead atoms. The van der Waals surface area contributed by atoms with Gasteiger partial charge in [0, 0.05) is 17.6 Å². The van der Waals surface area contributed by atoms with Crippen LogP contribution in [-0.4, -0.2) is 15.7 Å². The van der Waals surface area contributed by atoms with Gasteiger partial charge in [0.15, 0.2) is 5.82 Å². The smallest absolute Gasteiger partial charge is 0.152 e. The van der Waals surface area contributed by atoms with E-state index in [1.165, 1.54) is 6.07 Å². The quantitative estimate of drug-likeness (QED) is 0.710. The fourth-order valence-electron chi connectivity index (χ4n) is 1.22. The number of rotatable bonds is 1. The van der Waals surface area contributed by atoms with Crippen molar-refractivity contribution in [1.82, 2.24) is 0 Å². The fraction of sp³-hybridized carbons (Fsp3) is 0.333. The predicted molar refractivity (Wildman–Crippen MR) is 50.9 cm³/mol. The molecule has 0 aliphatic carbocycles. The van der Waals surface area contributed by atoms with Crippen LogP contribution in [0.5, 0.6) is 0 Å². The molecular weight excluding hydrogens is 208 g/mol. The maximum absolute atomic E-state index is 13.1. The third-order valence-corrected chi connectivity index (χ3v) is 4.48. The predicted octanol–water partition coefficient (Wildman–Crippen LogP) is 2.47. The van der Waals surface area contributed by atoms with Gasteiger partial charge in [-0.1, -0.05) is 0 Å². The van der Waals surface area contributed by atoms with Gasteiger partial charge in [0.25, 0.3) is 0 Å². The molecule has 1 aromatic carbocycles. The van der Waals surface area contributed by atoms with Crippen LogP contribution in [0.15, 0.2) is 22.6 Å². The highest BCUT2D eigenvalue weighted by Gasteiger charge is 2.19. The molecule has 0 saturated carbocycles. The van der Waals surface area contributed by atoms with Gasteiger partial charge in [-0.25, -0.2) is 13.0 Å². The summed E-state index contributed by atoms with van der Waals surface area (Å²) in [6, 6.07) is 3.08. The van der Waals surface area contributed by atoms with Crippen molar-refractivity contribution in [2.24, 2.45) is 4.36 Å². The normalized spacial score (nSPS) is 18.7. The van der Waals surface area contributed by atoms with Crippen molar-refractivity contribution in [2.45, 2.75) is 6.42 Å². The van der Waals surface area contributed by atoms with Crippen LogP contribution >= 0.6 is 0 Å². The number of hydrogen-bond donors (Lipinski definition) is 0. The Morgan fingerprint density at radius 2 is 2.00 bits per heavy atom. The fourth-order valence-corrected chi connectivity index (χ4v) is 2.69. The second kappa shape index (κ2) is 3.31. The summed E-state index contributed by atoms with van der Waals surface area (Å²) < 4.78 is 41.0. The summed E-state index contributed by atoms with van der Waals surface area (Å²) in [6.07, 6.45) is 0.866. The van der Waals surface area contributed by atoms with Crippen LogP contribution in [0.3, 0.4) is 0 Å². The van der Waals surface area contributed by atoms with E-state index in [0.29, 0.717) is 11.5 Å². The second-order valence-corrected chi connectivity index (χ2v) is 5.77. The van der Waals surface area contributed by atoms with E-state index in [-0.39, 0.29) is 5.69 Å². The summed E-state index contributed by atoms with van der Waals surface area (Å²) in [5.41, 5.74) is -0.00361. The van der Waals surface area contributed by atoms with Crippen LogP contribution in [0.1, 0.15) is 6.42 Å². The Kier molecular flexibility index (Phi) is 2.26. The minimum atomic E-state index is -2.21. The van der Waals surface area contributed by atoms with E-state index in [1.807, 2.05) is 0 Å². The molecule has 0 radical (unpaired) electrons. The zero-order valence-corrected chi connectivity index (χ0v) is 8.19. The Balaban J connectivity index is 2.43. The van der Waals surface area contributed by atoms with Crippen LogP contribution in [0.25, 0.3) is 0 Å². The van der Waals surface area contributed by atoms with Gasteiger partial charge in [0.05, 0.1) is 9.73 Å². The van der Waals surface area contributed by atoms with E-state index >= 15 is 0 Å². The molecule has 0 atom stereocenters. The van der Waals surface area contributed by atoms with Crippen LogP contribution in [0.2, 0.25) is 0 Å². The van der Waals surface area contributed by atoms with E-state index in [0.717, 1.165) is 18.6 Å². The van der Waals surface area contributed by atoms with E-state index in [9.17, 15) is 13.0 Å². The Hall–Kier alpha value is -0.970. The zero-order valence-electron chi connectivity index (χ0n) is 7.37. The van der Waals surface area contributed by atoms with E-state index in [2.05, 4.69) is 4.36 Å². The number of nitrogens with zero attached hydrogens (tertiary/aromatic N) is 1. The molecule has 0 spiro atoms. The molecule has 5 heteroatoms. The lowest BCUT2D eigenvalue weighted by Gasteiger charge is -2.17. The van der Waals surface area contributed by atoms with Gasteiger partial charge < -0.3 is 0 Å². The largest absolute Gasteiger partial charge is 0.249 e. The summed E-state index contributed by atoms with van der Waals surface area (Å²) >= 11 is 0. The summed E-state index contributed by atoms with van der Waals surface area (Å²) in [6.45, 7) is 0. The number of hydrogen-bond acceptors (Lipinski definition) is 2. The van der Waals surface area contributed by atoms with Crippen molar-refractivity contribution in [1.29, 1.82) is 0 Å². The van der Waals surface area contributed by atoms with Gasteiger partial charge in [-0.3, -0.25) is 0 Å². The van der Waals surface area contributed by atoms with Crippen LogP contribution in [-0.2, 0) is 9.73 Å². The summed E-state index contributed by atoms with van der Waals surface area (Å²) in [4.78, 5) is 0. The standard InChI is InChI=1S/C9H9F2NOS/c10-7-2-3-9(8(11)6-7)12-14(13)4-1-5-14/h2-3,6H,1,4-5H2. The molecule has 1 aliphatic rings. The SMILES string of the molecule is O=S1(=Nc2ccc(F)cc2F)CCC1. The first-order chi connectivity index (χ1) is 6.59. The highest BCUT2D eigenvalue weighted by Crippen LogP contribution is 2.24. The average Bonchev–Trinajstić information content (AvgIpc) is 2.07. The maximum atomic E-state index is 13.1. The molecule has 0 unspecified atom stereocenters. The molecule has 1 heterocycles. The Labute approximate surface area is 81.1 Å². The molecule has 2 rings (SSSR count). The third kappa shape index (κ3) is 1.77.